The fraction of sp³-hybridized carbons (Fsp3) is 1.00. The Labute approximate surface area is 69.9 Å². The molecule has 0 N–H and O–H groups in total. The summed E-state index contributed by atoms with van der Waals surface area (Å²) in [6, 6.07) is 0. The molecule has 0 amide bonds. The van der Waals surface area contributed by atoms with Crippen molar-refractivity contribution in [1.29, 1.82) is 0 Å². The van der Waals surface area contributed by atoms with Crippen LogP contribution in [-0.4, -0.2) is 20.0 Å². The van der Waals surface area contributed by atoms with Crippen molar-refractivity contribution in [2.75, 3.05) is 20.0 Å². The van der Waals surface area contributed by atoms with E-state index < -0.39 is 0 Å². The van der Waals surface area contributed by atoms with E-state index in [4.69, 9.17) is 9.47 Å². The lowest BCUT2D eigenvalue weighted by Crippen LogP contribution is -2.33. The molecule has 1 heterocycles. The zero-order valence-electron chi connectivity index (χ0n) is 8.14. The van der Waals surface area contributed by atoms with Gasteiger partial charge in [0.2, 0.25) is 0 Å². The maximum atomic E-state index is 5.15. The molecule has 68 valence electrons. The van der Waals surface area contributed by atoms with E-state index in [0.717, 1.165) is 19.6 Å². The van der Waals surface area contributed by atoms with E-state index in [0.29, 0.717) is 6.79 Å². The highest BCUT2D eigenvalue weighted by Gasteiger charge is 2.25. The lowest BCUT2D eigenvalue weighted by molar-refractivity contribution is -0.159. The zero-order chi connectivity index (χ0) is 8.74. The van der Waals surface area contributed by atoms with Gasteiger partial charge in [-0.1, -0.05) is 27.7 Å². The first kappa shape index (κ1) is 10.9. The molecule has 0 aromatic heterocycles. The number of ether oxygens (including phenoxy) is 2. The molecule has 0 unspecified atom stereocenters. The molecule has 0 aromatic carbocycles. The molecular formula is C9H20O2. The predicted molar refractivity (Wildman–Crippen MR) is 46.5 cm³/mol. The summed E-state index contributed by atoms with van der Waals surface area (Å²) in [7, 11) is 0. The van der Waals surface area contributed by atoms with Crippen LogP contribution in [0.5, 0.6) is 0 Å². The monoisotopic (exact) mass is 160 g/mol. The highest BCUT2D eigenvalue weighted by molar-refractivity contribution is 4.72. The van der Waals surface area contributed by atoms with E-state index in [-0.39, 0.29) is 5.41 Å². The van der Waals surface area contributed by atoms with Gasteiger partial charge in [-0.3, -0.25) is 0 Å². The first-order chi connectivity index (χ1) is 5.27. The van der Waals surface area contributed by atoms with E-state index in [1.165, 1.54) is 0 Å². The highest BCUT2D eigenvalue weighted by atomic mass is 16.7. The van der Waals surface area contributed by atoms with Crippen LogP contribution in [0.3, 0.4) is 0 Å². The van der Waals surface area contributed by atoms with Crippen LogP contribution in [0, 0.1) is 5.41 Å². The van der Waals surface area contributed by atoms with E-state index in [2.05, 4.69) is 13.8 Å². The SMILES string of the molecule is CC.CCC1(C)COCOC1. The van der Waals surface area contributed by atoms with Crippen LogP contribution in [0.25, 0.3) is 0 Å². The molecule has 1 rings (SSSR count). The maximum Gasteiger partial charge on any atom is 0.146 e. The second kappa shape index (κ2) is 5.56. The summed E-state index contributed by atoms with van der Waals surface area (Å²) in [5, 5.41) is 0. The molecule has 11 heavy (non-hydrogen) atoms. The van der Waals surface area contributed by atoms with Gasteiger partial charge >= 0.3 is 0 Å². The van der Waals surface area contributed by atoms with Gasteiger partial charge in [0.05, 0.1) is 13.2 Å². The van der Waals surface area contributed by atoms with Gasteiger partial charge in [-0.25, -0.2) is 0 Å². The summed E-state index contributed by atoms with van der Waals surface area (Å²) < 4.78 is 10.3. The molecule has 2 nitrogen and oxygen atoms in total. The molecule has 1 aliphatic rings. The van der Waals surface area contributed by atoms with E-state index >= 15 is 0 Å². The predicted octanol–water partition coefficient (Wildman–Crippen LogP) is 2.43. The first-order valence-electron chi connectivity index (χ1n) is 4.42. The lowest BCUT2D eigenvalue weighted by Gasteiger charge is -2.31. The summed E-state index contributed by atoms with van der Waals surface area (Å²) in [5.74, 6) is 0. The standard InChI is InChI=1S/C7H14O2.C2H6/c1-3-7(2)4-8-6-9-5-7;1-2/h3-6H2,1-2H3;1-2H3. The average molecular weight is 160 g/mol. The maximum absolute atomic E-state index is 5.15. The summed E-state index contributed by atoms with van der Waals surface area (Å²) in [6.45, 7) is 10.5. The molecule has 1 aliphatic heterocycles. The van der Waals surface area contributed by atoms with Crippen molar-refractivity contribution in [2.24, 2.45) is 5.41 Å². The van der Waals surface area contributed by atoms with Crippen molar-refractivity contribution >= 4 is 0 Å². The Hall–Kier alpha value is -0.0800. The zero-order valence-corrected chi connectivity index (χ0v) is 8.14. The van der Waals surface area contributed by atoms with Gasteiger partial charge in [0.25, 0.3) is 0 Å². The van der Waals surface area contributed by atoms with Crippen LogP contribution in [0.2, 0.25) is 0 Å². The fourth-order valence-corrected chi connectivity index (χ4v) is 0.881. The van der Waals surface area contributed by atoms with Gasteiger partial charge in [-0.05, 0) is 6.42 Å². The molecule has 1 saturated heterocycles. The molecule has 0 spiro atoms. The normalized spacial score (nSPS) is 21.8. The molecule has 1 fully saturated rings. The summed E-state index contributed by atoms with van der Waals surface area (Å²) >= 11 is 0. The van der Waals surface area contributed by atoms with Gasteiger partial charge < -0.3 is 9.47 Å². The topological polar surface area (TPSA) is 18.5 Å². The van der Waals surface area contributed by atoms with Crippen LogP contribution < -0.4 is 0 Å². The van der Waals surface area contributed by atoms with Crippen LogP contribution in [0.4, 0.5) is 0 Å². The van der Waals surface area contributed by atoms with Gasteiger partial charge in [-0.15, -0.1) is 0 Å². The summed E-state index contributed by atoms with van der Waals surface area (Å²) in [6.07, 6.45) is 1.13. The van der Waals surface area contributed by atoms with Crippen molar-refractivity contribution in [3.8, 4) is 0 Å². The van der Waals surface area contributed by atoms with Gasteiger partial charge in [0.1, 0.15) is 6.79 Å². The molecular weight excluding hydrogens is 140 g/mol. The quantitative estimate of drug-likeness (QED) is 0.586. The highest BCUT2D eigenvalue weighted by Crippen LogP contribution is 2.24. The molecule has 0 atom stereocenters. The second-order valence-electron chi connectivity index (χ2n) is 2.98. The molecule has 0 saturated carbocycles. The van der Waals surface area contributed by atoms with Crippen LogP contribution >= 0.6 is 0 Å². The second-order valence-corrected chi connectivity index (χ2v) is 2.98. The number of hydrogen-bond donors (Lipinski definition) is 0. The number of rotatable bonds is 1. The minimum atomic E-state index is 0.276. The average Bonchev–Trinajstić information content (AvgIpc) is 2.10. The minimum absolute atomic E-state index is 0.276. The van der Waals surface area contributed by atoms with Crippen LogP contribution in [0.1, 0.15) is 34.1 Å². The Morgan fingerprint density at radius 3 is 1.91 bits per heavy atom. The molecule has 0 aromatic rings. The van der Waals surface area contributed by atoms with Crippen LogP contribution in [0.15, 0.2) is 0 Å². The third kappa shape index (κ3) is 3.73. The molecule has 0 radical (unpaired) electrons. The Balaban J connectivity index is 0.000000461. The molecule has 2 heteroatoms. The fourth-order valence-electron chi connectivity index (χ4n) is 0.881. The Bertz CT molecular complexity index is 85.6. The Morgan fingerprint density at radius 1 is 1.18 bits per heavy atom. The largest absolute Gasteiger partial charge is 0.355 e. The van der Waals surface area contributed by atoms with Gasteiger partial charge in [-0.2, -0.15) is 0 Å². The van der Waals surface area contributed by atoms with Crippen molar-refractivity contribution in [3.63, 3.8) is 0 Å². The van der Waals surface area contributed by atoms with E-state index in [1.807, 2.05) is 13.8 Å². The molecule has 0 aliphatic carbocycles. The third-order valence-corrected chi connectivity index (χ3v) is 1.92. The van der Waals surface area contributed by atoms with E-state index in [1.54, 1.807) is 0 Å². The van der Waals surface area contributed by atoms with Crippen molar-refractivity contribution in [1.82, 2.24) is 0 Å². The van der Waals surface area contributed by atoms with Crippen molar-refractivity contribution in [3.05, 3.63) is 0 Å². The Morgan fingerprint density at radius 2 is 1.64 bits per heavy atom. The first-order valence-corrected chi connectivity index (χ1v) is 4.42. The van der Waals surface area contributed by atoms with E-state index in [9.17, 15) is 0 Å². The van der Waals surface area contributed by atoms with Gasteiger partial charge in [0, 0.05) is 5.41 Å². The molecule has 0 bridgehead atoms. The van der Waals surface area contributed by atoms with Crippen molar-refractivity contribution < 1.29 is 9.47 Å². The third-order valence-electron chi connectivity index (χ3n) is 1.92. The minimum Gasteiger partial charge on any atom is -0.355 e. The van der Waals surface area contributed by atoms with Crippen molar-refractivity contribution in [2.45, 2.75) is 34.1 Å². The lowest BCUT2D eigenvalue weighted by atomic mass is 9.89. The van der Waals surface area contributed by atoms with Gasteiger partial charge in [0.15, 0.2) is 0 Å². The number of hydrogen-bond acceptors (Lipinski definition) is 2. The summed E-state index contributed by atoms with van der Waals surface area (Å²) in [4.78, 5) is 0. The van der Waals surface area contributed by atoms with Crippen LogP contribution in [-0.2, 0) is 9.47 Å². The smallest absolute Gasteiger partial charge is 0.146 e. The Kier molecular flexibility index (Phi) is 5.51. The summed E-state index contributed by atoms with van der Waals surface area (Å²) in [5.41, 5.74) is 0.276.